The average Bonchev–Trinajstić information content (AvgIpc) is 2.54. The highest BCUT2D eigenvalue weighted by atomic mass is 35.5. The molecule has 0 aromatic carbocycles. The van der Waals surface area contributed by atoms with E-state index < -0.39 is 0 Å². The van der Waals surface area contributed by atoms with E-state index in [9.17, 15) is 9.59 Å². The van der Waals surface area contributed by atoms with Crippen LogP contribution >= 0.6 is 11.6 Å². The molecule has 4 unspecified atom stereocenters. The van der Waals surface area contributed by atoms with E-state index in [0.29, 0.717) is 13.2 Å². The molecule has 5 heteroatoms. The molecule has 22 heavy (non-hydrogen) atoms. The third-order valence-corrected chi connectivity index (χ3v) is 5.49. The number of hydrogen-bond acceptors (Lipinski definition) is 4. The van der Waals surface area contributed by atoms with Gasteiger partial charge in [0.15, 0.2) is 0 Å². The molecule has 0 amide bonds. The second-order valence-corrected chi connectivity index (χ2v) is 7.00. The summed E-state index contributed by atoms with van der Waals surface area (Å²) in [6.07, 6.45) is 7.72. The summed E-state index contributed by atoms with van der Waals surface area (Å²) < 4.78 is 10.6. The van der Waals surface area contributed by atoms with Crippen LogP contribution in [0, 0.1) is 17.8 Å². The van der Waals surface area contributed by atoms with E-state index >= 15 is 0 Å². The minimum Gasteiger partial charge on any atom is -0.466 e. The molecule has 4 atom stereocenters. The largest absolute Gasteiger partial charge is 0.466 e. The SMILES string of the molecule is CCOC(=O)C1CCCCC1C(=O)OCC1CCCCC1Cl. The smallest absolute Gasteiger partial charge is 0.309 e. The number of alkyl halides is 1. The molecule has 0 aromatic rings. The second kappa shape index (κ2) is 8.76. The molecule has 0 radical (unpaired) electrons. The van der Waals surface area contributed by atoms with Crippen molar-refractivity contribution in [3.8, 4) is 0 Å². The molecule has 0 aromatic heterocycles. The van der Waals surface area contributed by atoms with Crippen molar-refractivity contribution in [3.63, 3.8) is 0 Å². The first-order valence-corrected chi connectivity index (χ1v) is 9.04. The van der Waals surface area contributed by atoms with Gasteiger partial charge in [0.05, 0.1) is 25.0 Å². The number of hydrogen-bond donors (Lipinski definition) is 0. The van der Waals surface area contributed by atoms with Crippen LogP contribution in [0.25, 0.3) is 0 Å². The van der Waals surface area contributed by atoms with E-state index in [0.717, 1.165) is 51.4 Å². The summed E-state index contributed by atoms with van der Waals surface area (Å²) in [4.78, 5) is 24.4. The second-order valence-electron chi connectivity index (χ2n) is 6.44. The predicted molar refractivity (Wildman–Crippen MR) is 84.6 cm³/mol. The fraction of sp³-hybridized carbons (Fsp3) is 0.882. The summed E-state index contributed by atoms with van der Waals surface area (Å²) in [6.45, 7) is 2.53. The van der Waals surface area contributed by atoms with Crippen molar-refractivity contribution in [3.05, 3.63) is 0 Å². The van der Waals surface area contributed by atoms with Crippen molar-refractivity contribution in [2.45, 2.75) is 63.7 Å². The molecule has 2 rings (SSSR count). The highest BCUT2D eigenvalue weighted by molar-refractivity contribution is 6.20. The number of esters is 2. The van der Waals surface area contributed by atoms with Crippen molar-refractivity contribution >= 4 is 23.5 Å². The first-order chi connectivity index (χ1) is 10.6. The maximum absolute atomic E-state index is 12.4. The van der Waals surface area contributed by atoms with Crippen LogP contribution in [0.2, 0.25) is 0 Å². The van der Waals surface area contributed by atoms with E-state index in [4.69, 9.17) is 21.1 Å². The van der Waals surface area contributed by atoms with Crippen LogP contribution in [0.1, 0.15) is 58.3 Å². The molecule has 0 saturated heterocycles. The van der Waals surface area contributed by atoms with Crippen molar-refractivity contribution in [2.75, 3.05) is 13.2 Å². The van der Waals surface area contributed by atoms with Gasteiger partial charge in [-0.15, -0.1) is 11.6 Å². The van der Waals surface area contributed by atoms with Crippen LogP contribution in [0.3, 0.4) is 0 Å². The Kier molecular flexibility index (Phi) is 7.00. The van der Waals surface area contributed by atoms with Gasteiger partial charge in [-0.05, 0) is 32.6 Å². The van der Waals surface area contributed by atoms with Crippen LogP contribution in [0.5, 0.6) is 0 Å². The Morgan fingerprint density at radius 2 is 1.45 bits per heavy atom. The molecule has 2 fully saturated rings. The minimum absolute atomic E-state index is 0.105. The fourth-order valence-electron chi connectivity index (χ4n) is 3.59. The number of carbonyl (C=O) groups excluding carboxylic acids is 2. The first-order valence-electron chi connectivity index (χ1n) is 8.60. The molecule has 0 heterocycles. The number of carbonyl (C=O) groups is 2. The summed E-state index contributed by atoms with van der Waals surface area (Å²) in [5.41, 5.74) is 0. The monoisotopic (exact) mass is 330 g/mol. The molecular weight excluding hydrogens is 304 g/mol. The van der Waals surface area contributed by atoms with Gasteiger partial charge >= 0.3 is 11.9 Å². The van der Waals surface area contributed by atoms with E-state index in [1.54, 1.807) is 6.92 Å². The number of ether oxygens (including phenoxy) is 2. The minimum atomic E-state index is -0.342. The third-order valence-electron chi connectivity index (χ3n) is 4.91. The lowest BCUT2D eigenvalue weighted by molar-refractivity contribution is -0.163. The van der Waals surface area contributed by atoms with E-state index in [1.807, 2.05) is 0 Å². The molecule has 0 bridgehead atoms. The van der Waals surface area contributed by atoms with Crippen molar-refractivity contribution in [1.29, 1.82) is 0 Å². The van der Waals surface area contributed by atoms with Gasteiger partial charge in [0.2, 0.25) is 0 Å². The standard InChI is InChI=1S/C17H27ClO4/c1-2-21-16(19)13-8-4-5-9-14(13)17(20)22-11-12-7-3-6-10-15(12)18/h12-15H,2-11H2,1H3. The lowest BCUT2D eigenvalue weighted by atomic mass is 9.79. The van der Waals surface area contributed by atoms with E-state index in [1.165, 1.54) is 0 Å². The normalized spacial score (nSPS) is 32.3. The van der Waals surface area contributed by atoms with Gasteiger partial charge in [0.25, 0.3) is 0 Å². The van der Waals surface area contributed by atoms with Gasteiger partial charge in [-0.3, -0.25) is 9.59 Å². The Hall–Kier alpha value is -0.770. The van der Waals surface area contributed by atoms with E-state index in [2.05, 4.69) is 0 Å². The van der Waals surface area contributed by atoms with Gasteiger partial charge < -0.3 is 9.47 Å². The highest BCUT2D eigenvalue weighted by Crippen LogP contribution is 2.33. The summed E-state index contributed by atoms with van der Waals surface area (Å²) in [5.74, 6) is -0.919. The van der Waals surface area contributed by atoms with Gasteiger partial charge in [-0.25, -0.2) is 0 Å². The zero-order valence-corrected chi connectivity index (χ0v) is 14.1. The molecule has 2 aliphatic rings. The van der Waals surface area contributed by atoms with Gasteiger partial charge in [0.1, 0.15) is 0 Å². The molecule has 0 aliphatic heterocycles. The average molecular weight is 331 g/mol. The molecule has 2 saturated carbocycles. The summed E-state index contributed by atoms with van der Waals surface area (Å²) in [7, 11) is 0. The molecule has 4 nitrogen and oxygen atoms in total. The van der Waals surface area contributed by atoms with Crippen LogP contribution in [-0.4, -0.2) is 30.5 Å². The Bertz CT molecular complexity index is 385. The zero-order valence-electron chi connectivity index (χ0n) is 13.4. The topological polar surface area (TPSA) is 52.6 Å². The van der Waals surface area contributed by atoms with Crippen LogP contribution < -0.4 is 0 Å². The Morgan fingerprint density at radius 1 is 0.909 bits per heavy atom. The van der Waals surface area contributed by atoms with Crippen LogP contribution in [0.15, 0.2) is 0 Å². The maximum Gasteiger partial charge on any atom is 0.309 e. The molecule has 2 aliphatic carbocycles. The fourth-order valence-corrected chi connectivity index (χ4v) is 3.94. The number of rotatable bonds is 5. The van der Waals surface area contributed by atoms with Crippen LogP contribution in [-0.2, 0) is 19.1 Å². The highest BCUT2D eigenvalue weighted by Gasteiger charge is 2.38. The van der Waals surface area contributed by atoms with Crippen molar-refractivity contribution in [1.82, 2.24) is 0 Å². The molecule has 0 N–H and O–H groups in total. The molecular formula is C17H27ClO4. The molecule has 126 valence electrons. The predicted octanol–water partition coefficient (Wildman–Crippen LogP) is 3.70. The van der Waals surface area contributed by atoms with Gasteiger partial charge in [-0.2, -0.15) is 0 Å². The Balaban J connectivity index is 1.87. The van der Waals surface area contributed by atoms with E-state index in [-0.39, 0.29) is 35.1 Å². The third kappa shape index (κ3) is 4.61. The molecule has 0 spiro atoms. The first kappa shape index (κ1) is 17.6. The van der Waals surface area contributed by atoms with Crippen molar-refractivity contribution in [2.24, 2.45) is 17.8 Å². The zero-order chi connectivity index (χ0) is 15.9. The van der Waals surface area contributed by atoms with Crippen LogP contribution in [0.4, 0.5) is 0 Å². The number of halogens is 1. The van der Waals surface area contributed by atoms with Gasteiger partial charge in [-0.1, -0.05) is 25.7 Å². The maximum atomic E-state index is 12.4. The van der Waals surface area contributed by atoms with Crippen molar-refractivity contribution < 1.29 is 19.1 Å². The summed E-state index contributed by atoms with van der Waals surface area (Å²) in [6, 6.07) is 0. The summed E-state index contributed by atoms with van der Waals surface area (Å²) in [5, 5.41) is 0.105. The quantitative estimate of drug-likeness (QED) is 0.569. The Labute approximate surface area is 137 Å². The summed E-state index contributed by atoms with van der Waals surface area (Å²) >= 11 is 6.31. The lowest BCUT2D eigenvalue weighted by Crippen LogP contribution is -2.36. The Morgan fingerprint density at radius 3 is 2.05 bits per heavy atom. The lowest BCUT2D eigenvalue weighted by Gasteiger charge is -2.30. The van der Waals surface area contributed by atoms with Gasteiger partial charge in [0, 0.05) is 11.3 Å².